The van der Waals surface area contributed by atoms with Crippen LogP contribution in [0.15, 0.2) is 66.0 Å². The van der Waals surface area contributed by atoms with Crippen LogP contribution in [0.4, 0.5) is 0 Å². The molecule has 0 aliphatic rings. The molecule has 4 aromatic rings. The van der Waals surface area contributed by atoms with Crippen molar-refractivity contribution in [2.75, 3.05) is 0 Å². The molecule has 0 saturated heterocycles. The summed E-state index contributed by atoms with van der Waals surface area (Å²) in [5.41, 5.74) is 3.25. The number of benzene rings is 2. The van der Waals surface area contributed by atoms with Gasteiger partial charge >= 0.3 is 0 Å². The zero-order valence-corrected chi connectivity index (χ0v) is 14.3. The number of hydrogen-bond donors (Lipinski definition) is 1. The average molecular weight is 356 g/mol. The Morgan fingerprint density at radius 3 is 2.62 bits per heavy atom. The summed E-state index contributed by atoms with van der Waals surface area (Å²) in [6, 6.07) is 19.0. The van der Waals surface area contributed by atoms with Gasteiger partial charge in [0.2, 0.25) is 5.78 Å². The fraction of sp³-hybridized carbons (Fsp3) is 0. The van der Waals surface area contributed by atoms with E-state index in [1.807, 2.05) is 35.7 Å². The maximum Gasteiger partial charge on any atom is 0.236 e. The molecular weight excluding hydrogens is 344 g/mol. The van der Waals surface area contributed by atoms with Crippen LogP contribution in [-0.2, 0) is 0 Å². The van der Waals surface area contributed by atoms with Crippen molar-refractivity contribution in [2.45, 2.75) is 0 Å². The molecule has 0 atom stereocenters. The van der Waals surface area contributed by atoms with E-state index in [9.17, 15) is 4.79 Å². The minimum absolute atomic E-state index is 0.228. The van der Waals surface area contributed by atoms with Crippen LogP contribution < -0.4 is 0 Å². The third kappa shape index (κ3) is 3.43. The fourth-order valence-electron chi connectivity index (χ4n) is 2.46. The van der Waals surface area contributed by atoms with Crippen LogP contribution in [0.25, 0.3) is 21.8 Å². The molecule has 2 heterocycles. The Labute approximate surface area is 153 Å². The van der Waals surface area contributed by atoms with Crippen molar-refractivity contribution in [3.63, 3.8) is 0 Å². The molecular formula is C20H12N4OS. The number of carbonyl (C=O) groups excluding carboxylic acids is 1. The van der Waals surface area contributed by atoms with Crippen molar-refractivity contribution in [1.82, 2.24) is 20.6 Å². The Kier molecular flexibility index (Phi) is 4.37. The zero-order valence-electron chi connectivity index (χ0n) is 13.5. The number of Topliss-reactive ketones (excluding diaryl/α,β-unsaturated/α-hetero) is 1. The van der Waals surface area contributed by atoms with Crippen molar-refractivity contribution < 1.29 is 4.79 Å². The lowest BCUT2D eigenvalue weighted by Crippen LogP contribution is -1.95. The van der Waals surface area contributed by atoms with Gasteiger partial charge in [-0.1, -0.05) is 36.3 Å². The van der Waals surface area contributed by atoms with Gasteiger partial charge in [-0.05, 0) is 57.6 Å². The van der Waals surface area contributed by atoms with E-state index in [4.69, 9.17) is 0 Å². The van der Waals surface area contributed by atoms with E-state index < -0.39 is 0 Å². The van der Waals surface area contributed by atoms with Gasteiger partial charge in [0.05, 0.1) is 0 Å². The second-order valence-electron chi connectivity index (χ2n) is 5.46. The molecule has 5 nitrogen and oxygen atoms in total. The summed E-state index contributed by atoms with van der Waals surface area (Å²) in [5, 5.41) is 15.6. The summed E-state index contributed by atoms with van der Waals surface area (Å²) in [6.07, 6.45) is 0. The fourth-order valence-corrected chi connectivity index (χ4v) is 3.18. The summed E-state index contributed by atoms with van der Waals surface area (Å²) in [5.74, 6) is 5.99. The number of thiophene rings is 1. The number of H-pyrrole nitrogens is 1. The Morgan fingerprint density at radius 1 is 1.00 bits per heavy atom. The second-order valence-corrected chi connectivity index (χ2v) is 6.41. The Hall–Kier alpha value is -3.56. The number of rotatable bonds is 3. The van der Waals surface area contributed by atoms with Crippen molar-refractivity contribution in [3.8, 4) is 33.7 Å². The van der Waals surface area contributed by atoms with E-state index in [0.29, 0.717) is 11.4 Å². The highest BCUT2D eigenvalue weighted by atomic mass is 32.1. The lowest BCUT2D eigenvalue weighted by Gasteiger charge is -1.98. The van der Waals surface area contributed by atoms with E-state index in [1.54, 1.807) is 35.6 Å². The lowest BCUT2D eigenvalue weighted by molar-refractivity contribution is 0.105. The van der Waals surface area contributed by atoms with Gasteiger partial charge in [0, 0.05) is 21.6 Å². The molecule has 26 heavy (non-hydrogen) atoms. The first kappa shape index (κ1) is 15.9. The second kappa shape index (κ2) is 7.13. The topological polar surface area (TPSA) is 71.5 Å². The molecule has 0 aliphatic carbocycles. The van der Waals surface area contributed by atoms with Gasteiger partial charge in [-0.25, -0.2) is 5.10 Å². The van der Waals surface area contributed by atoms with Crippen molar-refractivity contribution >= 4 is 17.1 Å². The maximum absolute atomic E-state index is 12.3. The van der Waals surface area contributed by atoms with E-state index in [2.05, 4.69) is 38.5 Å². The summed E-state index contributed by atoms with van der Waals surface area (Å²) in [6.45, 7) is 0. The predicted octanol–water partition coefficient (Wildman–Crippen LogP) is 3.83. The van der Waals surface area contributed by atoms with Crippen molar-refractivity contribution in [3.05, 3.63) is 77.2 Å². The van der Waals surface area contributed by atoms with Crippen LogP contribution in [0.2, 0.25) is 0 Å². The van der Waals surface area contributed by atoms with Crippen molar-refractivity contribution in [1.29, 1.82) is 0 Å². The number of tetrazole rings is 1. The molecule has 1 N–H and O–H groups in total. The molecule has 0 fully saturated rings. The van der Waals surface area contributed by atoms with Gasteiger partial charge in [0.15, 0.2) is 5.82 Å². The standard InChI is InChI=1S/C20H12N4OS/c25-18(15-7-9-16(10-8-15)20-21-23-24-22-20)11-6-14-3-1-4-17(13-14)19-5-2-12-26-19/h1-5,7-10,12-13H,(H,21,22,23,24). The molecule has 6 heteroatoms. The third-order valence-corrected chi connectivity index (χ3v) is 4.67. The molecule has 0 aliphatic heterocycles. The smallest absolute Gasteiger partial charge is 0.236 e. The van der Waals surface area contributed by atoms with E-state index in [1.165, 1.54) is 4.88 Å². The van der Waals surface area contributed by atoms with E-state index in [-0.39, 0.29) is 5.78 Å². The monoisotopic (exact) mass is 356 g/mol. The van der Waals surface area contributed by atoms with E-state index >= 15 is 0 Å². The number of nitrogens with zero attached hydrogens (tertiary/aromatic N) is 3. The Balaban J connectivity index is 1.53. The Bertz CT molecular complexity index is 1090. The minimum atomic E-state index is -0.228. The Morgan fingerprint density at radius 2 is 1.88 bits per heavy atom. The molecule has 4 rings (SSSR count). The zero-order chi connectivity index (χ0) is 17.8. The quantitative estimate of drug-likeness (QED) is 0.447. The molecule has 0 unspecified atom stereocenters. The molecule has 2 aromatic carbocycles. The number of nitrogens with one attached hydrogen (secondary N) is 1. The maximum atomic E-state index is 12.3. The highest BCUT2D eigenvalue weighted by Gasteiger charge is 2.05. The van der Waals surface area contributed by atoms with E-state index in [0.717, 1.165) is 16.7 Å². The summed E-state index contributed by atoms with van der Waals surface area (Å²) in [7, 11) is 0. The molecule has 0 spiro atoms. The van der Waals surface area contributed by atoms with Crippen LogP contribution in [0, 0.1) is 11.8 Å². The van der Waals surface area contributed by atoms with Crippen LogP contribution in [0.5, 0.6) is 0 Å². The average Bonchev–Trinajstić information content (AvgIpc) is 3.40. The van der Waals surface area contributed by atoms with Gasteiger partial charge in [-0.3, -0.25) is 4.79 Å². The highest BCUT2D eigenvalue weighted by Crippen LogP contribution is 2.25. The molecule has 0 saturated carbocycles. The van der Waals surface area contributed by atoms with Crippen LogP contribution in [0.1, 0.15) is 15.9 Å². The molecule has 2 aromatic heterocycles. The number of ketones is 1. The largest absolute Gasteiger partial charge is 0.279 e. The molecule has 0 bridgehead atoms. The normalized spacial score (nSPS) is 10.2. The number of carbonyl (C=O) groups is 1. The molecule has 0 radical (unpaired) electrons. The minimum Gasteiger partial charge on any atom is -0.279 e. The van der Waals surface area contributed by atoms with Crippen LogP contribution in [0.3, 0.4) is 0 Å². The number of aromatic nitrogens is 4. The lowest BCUT2D eigenvalue weighted by atomic mass is 10.1. The van der Waals surface area contributed by atoms with Crippen LogP contribution >= 0.6 is 11.3 Å². The first-order valence-corrected chi connectivity index (χ1v) is 8.72. The molecule has 0 amide bonds. The summed E-state index contributed by atoms with van der Waals surface area (Å²) >= 11 is 1.67. The SMILES string of the molecule is O=C(C#Cc1cccc(-c2cccs2)c1)c1ccc(-c2nnn[nH]2)cc1. The predicted molar refractivity (Wildman–Crippen MR) is 101 cm³/mol. The van der Waals surface area contributed by atoms with Gasteiger partial charge in [0.25, 0.3) is 0 Å². The van der Waals surface area contributed by atoms with Gasteiger partial charge in [-0.2, -0.15) is 0 Å². The van der Waals surface area contributed by atoms with Crippen molar-refractivity contribution in [2.24, 2.45) is 0 Å². The van der Waals surface area contributed by atoms with Crippen LogP contribution in [-0.4, -0.2) is 26.4 Å². The third-order valence-electron chi connectivity index (χ3n) is 3.75. The van der Waals surface area contributed by atoms with Gasteiger partial charge in [-0.15, -0.1) is 16.4 Å². The first-order chi connectivity index (χ1) is 12.8. The first-order valence-electron chi connectivity index (χ1n) is 7.84. The number of hydrogen-bond acceptors (Lipinski definition) is 5. The van der Waals surface area contributed by atoms with Gasteiger partial charge in [0.1, 0.15) is 0 Å². The highest BCUT2D eigenvalue weighted by molar-refractivity contribution is 7.13. The number of aromatic amines is 1. The molecule has 124 valence electrons. The summed E-state index contributed by atoms with van der Waals surface area (Å²) < 4.78 is 0. The summed E-state index contributed by atoms with van der Waals surface area (Å²) in [4.78, 5) is 13.5. The van der Waals surface area contributed by atoms with Gasteiger partial charge < -0.3 is 0 Å².